The summed E-state index contributed by atoms with van der Waals surface area (Å²) in [5.74, 6) is 0.584. The Morgan fingerprint density at radius 3 is 2.65 bits per heavy atom. The Balaban J connectivity index is 2.03. The predicted octanol–water partition coefficient (Wildman–Crippen LogP) is 2.96. The number of ether oxygens (including phenoxy) is 1. The van der Waals surface area contributed by atoms with Gasteiger partial charge in [-0.3, -0.25) is 0 Å². The Morgan fingerprint density at radius 2 is 2.10 bits per heavy atom. The summed E-state index contributed by atoms with van der Waals surface area (Å²) in [6.45, 7) is 5.47. The molecule has 1 heterocycles. The van der Waals surface area contributed by atoms with Crippen LogP contribution in [-0.2, 0) is 6.61 Å². The molecule has 108 valence electrons. The van der Waals surface area contributed by atoms with E-state index in [2.05, 4.69) is 10.1 Å². The first-order chi connectivity index (χ1) is 9.47. The Kier molecular flexibility index (Phi) is 4.34. The van der Waals surface area contributed by atoms with Crippen molar-refractivity contribution in [3.05, 3.63) is 41.3 Å². The topological polar surface area (TPSA) is 68.4 Å². The fourth-order valence-corrected chi connectivity index (χ4v) is 1.60. The van der Waals surface area contributed by atoms with E-state index in [0.29, 0.717) is 17.3 Å². The molecular weight excluding hydrogens is 263 g/mol. The van der Waals surface area contributed by atoms with Crippen molar-refractivity contribution < 1.29 is 18.8 Å². The van der Waals surface area contributed by atoms with Crippen LogP contribution in [0.1, 0.15) is 50.1 Å². The number of aliphatic hydroxyl groups is 1. The summed E-state index contributed by atoms with van der Waals surface area (Å²) in [6.07, 6.45) is -0.718. The second-order valence-corrected chi connectivity index (χ2v) is 4.86. The zero-order valence-corrected chi connectivity index (χ0v) is 11.6. The van der Waals surface area contributed by atoms with E-state index >= 15 is 0 Å². The second kappa shape index (κ2) is 6.00. The maximum atomic E-state index is 13.7. The third-order valence-electron chi connectivity index (χ3n) is 2.77. The van der Waals surface area contributed by atoms with Crippen molar-refractivity contribution in [1.82, 2.24) is 10.1 Å². The Bertz CT molecular complexity index is 582. The highest BCUT2D eigenvalue weighted by Gasteiger charge is 2.12. The maximum Gasteiger partial charge on any atom is 0.229 e. The largest absolute Gasteiger partial charge is 0.482 e. The van der Waals surface area contributed by atoms with Crippen LogP contribution in [0.25, 0.3) is 0 Å². The molecule has 0 amide bonds. The molecule has 0 aliphatic rings. The lowest BCUT2D eigenvalue weighted by Crippen LogP contribution is -2.01. The molecule has 2 aromatic rings. The van der Waals surface area contributed by atoms with Crippen LogP contribution in [0.3, 0.4) is 0 Å². The van der Waals surface area contributed by atoms with Crippen molar-refractivity contribution in [3.63, 3.8) is 0 Å². The molecule has 0 fully saturated rings. The molecule has 6 heteroatoms. The van der Waals surface area contributed by atoms with Crippen LogP contribution >= 0.6 is 0 Å². The first-order valence-electron chi connectivity index (χ1n) is 6.40. The molecule has 1 aromatic carbocycles. The van der Waals surface area contributed by atoms with Gasteiger partial charge in [-0.15, -0.1) is 0 Å². The molecular formula is C14H17FN2O3. The van der Waals surface area contributed by atoms with E-state index in [0.717, 1.165) is 0 Å². The van der Waals surface area contributed by atoms with Crippen molar-refractivity contribution in [2.75, 3.05) is 0 Å². The minimum atomic E-state index is -0.718. The van der Waals surface area contributed by atoms with E-state index in [1.807, 2.05) is 13.8 Å². The van der Waals surface area contributed by atoms with Gasteiger partial charge >= 0.3 is 0 Å². The van der Waals surface area contributed by atoms with Gasteiger partial charge < -0.3 is 14.4 Å². The average Bonchev–Trinajstić information content (AvgIpc) is 2.86. The van der Waals surface area contributed by atoms with Gasteiger partial charge in [0.25, 0.3) is 0 Å². The van der Waals surface area contributed by atoms with Crippen molar-refractivity contribution in [1.29, 1.82) is 0 Å². The van der Waals surface area contributed by atoms with Crippen molar-refractivity contribution in [2.45, 2.75) is 39.4 Å². The highest BCUT2D eigenvalue weighted by molar-refractivity contribution is 5.30. The summed E-state index contributed by atoms with van der Waals surface area (Å²) in [6, 6.07) is 4.33. The molecule has 0 radical (unpaired) electrons. The smallest absolute Gasteiger partial charge is 0.229 e. The molecule has 1 aromatic heterocycles. The van der Waals surface area contributed by atoms with Crippen molar-refractivity contribution in [3.8, 4) is 5.75 Å². The molecule has 1 N–H and O–H groups in total. The van der Waals surface area contributed by atoms with Crippen LogP contribution in [0.4, 0.5) is 4.39 Å². The molecule has 0 aliphatic heterocycles. The summed E-state index contributed by atoms with van der Waals surface area (Å²) in [5.41, 5.74) is 0.497. The highest BCUT2D eigenvalue weighted by atomic mass is 19.1. The van der Waals surface area contributed by atoms with Gasteiger partial charge in [0.1, 0.15) is 0 Å². The first-order valence-corrected chi connectivity index (χ1v) is 6.40. The van der Waals surface area contributed by atoms with Crippen molar-refractivity contribution >= 4 is 0 Å². The highest BCUT2D eigenvalue weighted by Crippen LogP contribution is 2.22. The van der Waals surface area contributed by atoms with Gasteiger partial charge in [0.2, 0.25) is 11.7 Å². The number of halogens is 1. The zero-order valence-electron chi connectivity index (χ0n) is 11.6. The van der Waals surface area contributed by atoms with Crippen LogP contribution in [-0.4, -0.2) is 15.2 Å². The fraction of sp³-hybridized carbons (Fsp3) is 0.429. The SMILES string of the molecule is CC(C)c1nc(COc2ccc([C@@H](C)O)cc2F)no1. The molecule has 0 aliphatic carbocycles. The van der Waals surface area contributed by atoms with E-state index in [1.54, 1.807) is 13.0 Å². The lowest BCUT2D eigenvalue weighted by Gasteiger charge is -2.08. The summed E-state index contributed by atoms with van der Waals surface area (Å²) in [7, 11) is 0. The fourth-order valence-electron chi connectivity index (χ4n) is 1.60. The molecule has 0 saturated carbocycles. The Labute approximate surface area is 116 Å². The maximum absolute atomic E-state index is 13.7. The van der Waals surface area contributed by atoms with Crippen LogP contribution in [0.2, 0.25) is 0 Å². The molecule has 0 spiro atoms. The van der Waals surface area contributed by atoms with E-state index in [-0.39, 0.29) is 18.3 Å². The van der Waals surface area contributed by atoms with Gasteiger partial charge in [0, 0.05) is 5.92 Å². The average molecular weight is 280 g/mol. The van der Waals surface area contributed by atoms with Gasteiger partial charge in [-0.2, -0.15) is 4.98 Å². The molecule has 0 bridgehead atoms. The molecule has 0 unspecified atom stereocenters. The summed E-state index contributed by atoms with van der Waals surface area (Å²) in [5, 5.41) is 13.1. The molecule has 2 rings (SSSR count). The zero-order chi connectivity index (χ0) is 14.7. The normalized spacial score (nSPS) is 12.7. The van der Waals surface area contributed by atoms with E-state index in [4.69, 9.17) is 9.26 Å². The lowest BCUT2D eigenvalue weighted by molar-refractivity contribution is 0.198. The first kappa shape index (κ1) is 14.5. The number of nitrogens with zero attached hydrogens (tertiary/aromatic N) is 2. The summed E-state index contributed by atoms with van der Waals surface area (Å²) >= 11 is 0. The van der Waals surface area contributed by atoms with Crippen LogP contribution in [0.15, 0.2) is 22.7 Å². The Morgan fingerprint density at radius 1 is 1.35 bits per heavy atom. The quantitative estimate of drug-likeness (QED) is 0.912. The minimum Gasteiger partial charge on any atom is -0.482 e. The monoisotopic (exact) mass is 280 g/mol. The van der Waals surface area contributed by atoms with Crippen LogP contribution in [0.5, 0.6) is 5.75 Å². The van der Waals surface area contributed by atoms with Crippen LogP contribution < -0.4 is 4.74 Å². The van der Waals surface area contributed by atoms with Crippen molar-refractivity contribution in [2.24, 2.45) is 0 Å². The molecule has 20 heavy (non-hydrogen) atoms. The van der Waals surface area contributed by atoms with Gasteiger partial charge in [0.05, 0.1) is 6.10 Å². The second-order valence-electron chi connectivity index (χ2n) is 4.86. The summed E-state index contributed by atoms with van der Waals surface area (Å²) < 4.78 is 24.1. The number of rotatable bonds is 5. The third-order valence-corrected chi connectivity index (χ3v) is 2.77. The predicted molar refractivity (Wildman–Crippen MR) is 69.8 cm³/mol. The standard InChI is InChI=1S/C14H17FN2O3/c1-8(2)14-16-13(17-20-14)7-19-12-5-4-10(9(3)18)6-11(12)15/h4-6,8-9,18H,7H2,1-3H3/t9-/m1/s1. The number of benzene rings is 1. The summed E-state index contributed by atoms with van der Waals surface area (Å²) in [4.78, 5) is 4.14. The number of aromatic nitrogens is 2. The molecule has 0 saturated heterocycles. The minimum absolute atomic E-state index is 0.0289. The van der Waals surface area contributed by atoms with Gasteiger partial charge in [0.15, 0.2) is 18.2 Å². The van der Waals surface area contributed by atoms with E-state index in [1.165, 1.54) is 12.1 Å². The van der Waals surface area contributed by atoms with Gasteiger partial charge in [-0.1, -0.05) is 25.1 Å². The number of hydrogen-bond donors (Lipinski definition) is 1. The van der Waals surface area contributed by atoms with Gasteiger partial charge in [-0.05, 0) is 24.6 Å². The Hall–Kier alpha value is -1.95. The lowest BCUT2D eigenvalue weighted by atomic mass is 10.1. The van der Waals surface area contributed by atoms with E-state index < -0.39 is 11.9 Å². The number of aliphatic hydroxyl groups excluding tert-OH is 1. The number of hydrogen-bond acceptors (Lipinski definition) is 5. The van der Waals surface area contributed by atoms with Crippen LogP contribution in [0, 0.1) is 5.82 Å². The van der Waals surface area contributed by atoms with Gasteiger partial charge in [-0.25, -0.2) is 4.39 Å². The third kappa shape index (κ3) is 3.33. The molecule has 5 nitrogen and oxygen atoms in total. The molecule has 1 atom stereocenters. The van der Waals surface area contributed by atoms with E-state index in [9.17, 15) is 9.50 Å².